The first-order valence-corrected chi connectivity index (χ1v) is 10.4. The molecule has 0 spiro atoms. The lowest BCUT2D eigenvalue weighted by Gasteiger charge is -2.14. The molecule has 0 heterocycles. The van der Waals surface area contributed by atoms with Gasteiger partial charge in [0, 0.05) is 25.2 Å². The molecule has 142 valence electrons. The summed E-state index contributed by atoms with van der Waals surface area (Å²) in [4.78, 5) is 6.82. The van der Waals surface area contributed by atoms with Gasteiger partial charge >= 0.3 is 0 Å². The van der Waals surface area contributed by atoms with Gasteiger partial charge in [-0.1, -0.05) is 18.2 Å². The molecule has 6 heteroatoms. The molecule has 0 aliphatic carbocycles. The molecule has 0 unspecified atom stereocenters. The Balaban J connectivity index is 2.56. The van der Waals surface area contributed by atoms with Crippen LogP contribution in [0, 0.1) is 0 Å². The SMILES string of the molecule is CCNC(=NCc1ccccc1OCCN(C)C)NCCCCSC. The monoisotopic (exact) mass is 366 g/mol. The first-order valence-electron chi connectivity index (χ1n) is 9.04. The summed E-state index contributed by atoms with van der Waals surface area (Å²) >= 11 is 1.90. The summed E-state index contributed by atoms with van der Waals surface area (Å²) in [5, 5.41) is 6.72. The summed E-state index contributed by atoms with van der Waals surface area (Å²) in [5.74, 6) is 3.01. The van der Waals surface area contributed by atoms with E-state index in [1.165, 1.54) is 12.2 Å². The molecule has 5 nitrogen and oxygen atoms in total. The van der Waals surface area contributed by atoms with Crippen LogP contribution in [0.15, 0.2) is 29.3 Å². The Bertz CT molecular complexity index is 494. The van der Waals surface area contributed by atoms with E-state index in [1.54, 1.807) is 0 Å². The molecule has 0 bridgehead atoms. The van der Waals surface area contributed by atoms with Crippen LogP contribution < -0.4 is 15.4 Å². The maximum atomic E-state index is 5.91. The van der Waals surface area contributed by atoms with Crippen LogP contribution >= 0.6 is 11.8 Å². The molecule has 1 rings (SSSR count). The molecule has 0 aliphatic heterocycles. The van der Waals surface area contributed by atoms with E-state index in [-0.39, 0.29) is 0 Å². The molecule has 25 heavy (non-hydrogen) atoms. The van der Waals surface area contributed by atoms with Crippen molar-refractivity contribution in [3.05, 3.63) is 29.8 Å². The lowest BCUT2D eigenvalue weighted by molar-refractivity contribution is 0.259. The van der Waals surface area contributed by atoms with E-state index in [0.29, 0.717) is 13.2 Å². The van der Waals surface area contributed by atoms with Crippen LogP contribution in [0.2, 0.25) is 0 Å². The highest BCUT2D eigenvalue weighted by atomic mass is 32.2. The van der Waals surface area contributed by atoms with Crippen LogP contribution in [0.3, 0.4) is 0 Å². The summed E-state index contributed by atoms with van der Waals surface area (Å²) in [6.07, 6.45) is 4.54. The lowest BCUT2D eigenvalue weighted by atomic mass is 10.2. The van der Waals surface area contributed by atoms with Crippen molar-refractivity contribution in [2.45, 2.75) is 26.3 Å². The maximum Gasteiger partial charge on any atom is 0.191 e. The number of rotatable bonds is 12. The van der Waals surface area contributed by atoms with Crippen LogP contribution in [0.25, 0.3) is 0 Å². The van der Waals surface area contributed by atoms with Crippen LogP contribution in [0.4, 0.5) is 0 Å². The highest BCUT2D eigenvalue weighted by Gasteiger charge is 2.04. The summed E-state index contributed by atoms with van der Waals surface area (Å²) in [6.45, 7) is 6.09. The van der Waals surface area contributed by atoms with Crippen molar-refractivity contribution in [3.63, 3.8) is 0 Å². The second kappa shape index (κ2) is 13.8. The number of unbranched alkanes of at least 4 members (excludes halogenated alkanes) is 1. The van der Waals surface area contributed by atoms with E-state index in [9.17, 15) is 0 Å². The van der Waals surface area contributed by atoms with Gasteiger partial charge in [0.1, 0.15) is 12.4 Å². The zero-order valence-electron chi connectivity index (χ0n) is 16.2. The van der Waals surface area contributed by atoms with Crippen molar-refractivity contribution in [2.24, 2.45) is 4.99 Å². The van der Waals surface area contributed by atoms with Gasteiger partial charge in [-0.15, -0.1) is 0 Å². The third-order valence-electron chi connectivity index (χ3n) is 3.59. The number of para-hydroxylation sites is 1. The van der Waals surface area contributed by atoms with Crippen molar-refractivity contribution in [1.29, 1.82) is 0 Å². The second-order valence-electron chi connectivity index (χ2n) is 6.08. The van der Waals surface area contributed by atoms with Crippen LogP contribution in [-0.2, 0) is 6.54 Å². The number of guanidine groups is 1. The number of nitrogens with one attached hydrogen (secondary N) is 2. The smallest absolute Gasteiger partial charge is 0.191 e. The van der Waals surface area contributed by atoms with Gasteiger partial charge < -0.3 is 20.3 Å². The Kier molecular flexibility index (Phi) is 12.0. The van der Waals surface area contributed by atoms with Crippen molar-refractivity contribution >= 4 is 17.7 Å². The van der Waals surface area contributed by atoms with Gasteiger partial charge in [-0.2, -0.15) is 11.8 Å². The topological polar surface area (TPSA) is 48.9 Å². The Labute approximate surface area is 157 Å². The summed E-state index contributed by atoms with van der Waals surface area (Å²) < 4.78 is 5.91. The van der Waals surface area contributed by atoms with Gasteiger partial charge in [0.25, 0.3) is 0 Å². The predicted octanol–water partition coefficient (Wildman–Crippen LogP) is 2.83. The number of hydrogen-bond donors (Lipinski definition) is 2. The largest absolute Gasteiger partial charge is 0.492 e. The summed E-state index contributed by atoms with van der Waals surface area (Å²) in [5.41, 5.74) is 1.11. The normalized spacial score (nSPS) is 11.6. The quantitative estimate of drug-likeness (QED) is 0.338. The molecule has 0 aliphatic rings. The molecule has 0 saturated carbocycles. The number of thioether (sulfide) groups is 1. The number of benzene rings is 1. The van der Waals surface area contributed by atoms with E-state index in [4.69, 9.17) is 9.73 Å². The van der Waals surface area contributed by atoms with E-state index < -0.39 is 0 Å². The average Bonchev–Trinajstić information content (AvgIpc) is 2.60. The van der Waals surface area contributed by atoms with E-state index in [2.05, 4.69) is 34.8 Å². The molecule has 2 N–H and O–H groups in total. The number of aliphatic imine (C=N–C) groups is 1. The number of ether oxygens (including phenoxy) is 1. The summed E-state index contributed by atoms with van der Waals surface area (Å²) in [7, 11) is 4.10. The van der Waals surface area contributed by atoms with Gasteiger partial charge in [-0.3, -0.25) is 0 Å². The third-order valence-corrected chi connectivity index (χ3v) is 4.29. The Morgan fingerprint density at radius 3 is 2.72 bits per heavy atom. The Morgan fingerprint density at radius 2 is 2.00 bits per heavy atom. The highest BCUT2D eigenvalue weighted by molar-refractivity contribution is 7.98. The lowest BCUT2D eigenvalue weighted by Crippen LogP contribution is -2.37. The highest BCUT2D eigenvalue weighted by Crippen LogP contribution is 2.18. The zero-order chi connectivity index (χ0) is 18.3. The minimum Gasteiger partial charge on any atom is -0.492 e. The third kappa shape index (κ3) is 10.2. The van der Waals surface area contributed by atoms with Crippen molar-refractivity contribution in [3.8, 4) is 5.75 Å². The molecule has 0 radical (unpaired) electrons. The van der Waals surface area contributed by atoms with Crippen molar-refractivity contribution in [1.82, 2.24) is 15.5 Å². The first-order chi connectivity index (χ1) is 12.2. The van der Waals surface area contributed by atoms with E-state index in [1.807, 2.05) is 44.1 Å². The fourth-order valence-electron chi connectivity index (χ4n) is 2.20. The van der Waals surface area contributed by atoms with Gasteiger partial charge in [-0.05, 0) is 51.9 Å². The fraction of sp³-hybridized carbons (Fsp3) is 0.632. The zero-order valence-corrected chi connectivity index (χ0v) is 17.0. The van der Waals surface area contributed by atoms with Crippen molar-refractivity contribution in [2.75, 3.05) is 52.3 Å². The molecule has 1 aromatic carbocycles. The Morgan fingerprint density at radius 1 is 1.20 bits per heavy atom. The molecule has 0 fully saturated rings. The van der Waals surface area contributed by atoms with Gasteiger partial charge in [-0.25, -0.2) is 4.99 Å². The maximum absolute atomic E-state index is 5.91. The first kappa shape index (κ1) is 21.6. The second-order valence-corrected chi connectivity index (χ2v) is 7.07. The number of hydrogen-bond acceptors (Lipinski definition) is 4. The van der Waals surface area contributed by atoms with E-state index >= 15 is 0 Å². The van der Waals surface area contributed by atoms with Gasteiger partial charge in [0.2, 0.25) is 0 Å². The molecule has 1 aromatic rings. The average molecular weight is 367 g/mol. The minimum atomic E-state index is 0.609. The standard InChI is InChI=1S/C19H34N4OS/c1-5-20-19(21-12-8-9-15-25-4)22-16-17-10-6-7-11-18(17)24-14-13-23(2)3/h6-7,10-11H,5,8-9,12-16H2,1-4H3,(H2,20,21,22). The van der Waals surface area contributed by atoms with Gasteiger partial charge in [0.05, 0.1) is 6.54 Å². The number of nitrogens with zero attached hydrogens (tertiary/aromatic N) is 2. The molecule has 0 saturated heterocycles. The van der Waals surface area contributed by atoms with Crippen LogP contribution in [0.5, 0.6) is 5.75 Å². The molecule has 0 amide bonds. The Hall–Kier alpha value is -1.40. The molecule has 0 atom stereocenters. The summed E-state index contributed by atoms with van der Waals surface area (Å²) in [6, 6.07) is 8.14. The van der Waals surface area contributed by atoms with Crippen molar-refractivity contribution < 1.29 is 4.74 Å². The van der Waals surface area contributed by atoms with Gasteiger partial charge in [0.15, 0.2) is 5.96 Å². The predicted molar refractivity (Wildman–Crippen MR) is 111 cm³/mol. The fourth-order valence-corrected chi connectivity index (χ4v) is 2.69. The van der Waals surface area contributed by atoms with E-state index in [0.717, 1.165) is 43.3 Å². The molecule has 0 aromatic heterocycles. The van der Waals surface area contributed by atoms with Crippen LogP contribution in [0.1, 0.15) is 25.3 Å². The number of likely N-dealkylation sites (N-methyl/N-ethyl adjacent to an activating group) is 1. The minimum absolute atomic E-state index is 0.609. The molecular formula is C19H34N4OS. The van der Waals surface area contributed by atoms with Crippen LogP contribution in [-0.4, -0.2) is 63.2 Å². The molecular weight excluding hydrogens is 332 g/mol.